The second-order valence-electron chi connectivity index (χ2n) is 5.15. The summed E-state index contributed by atoms with van der Waals surface area (Å²) in [5, 5.41) is 13.2. The van der Waals surface area contributed by atoms with E-state index in [1.54, 1.807) is 6.20 Å². The molecule has 20 heavy (non-hydrogen) atoms. The van der Waals surface area contributed by atoms with Crippen LogP contribution in [0.3, 0.4) is 0 Å². The van der Waals surface area contributed by atoms with Crippen molar-refractivity contribution in [3.8, 4) is 11.5 Å². The molecular formula is C14H18N4O2. The molecule has 0 aliphatic carbocycles. The Morgan fingerprint density at radius 1 is 1.40 bits per heavy atom. The van der Waals surface area contributed by atoms with Crippen LogP contribution in [0.4, 0.5) is 0 Å². The third-order valence-electron chi connectivity index (χ3n) is 3.58. The van der Waals surface area contributed by atoms with E-state index in [0.29, 0.717) is 24.2 Å². The normalized spacial score (nSPS) is 20.1. The molecule has 0 saturated carbocycles. The number of nitrogens with zero attached hydrogens (tertiary/aromatic N) is 4. The molecule has 1 N–H and O–H groups in total. The predicted molar refractivity (Wildman–Crippen MR) is 72.6 cm³/mol. The van der Waals surface area contributed by atoms with Crippen LogP contribution in [0.15, 0.2) is 28.9 Å². The lowest BCUT2D eigenvalue weighted by molar-refractivity contribution is 0.107. The van der Waals surface area contributed by atoms with Crippen LogP contribution in [-0.4, -0.2) is 44.8 Å². The molecule has 0 spiro atoms. The fourth-order valence-electron chi connectivity index (χ4n) is 2.55. The smallest absolute Gasteiger partial charge is 0.241 e. The first kappa shape index (κ1) is 13.2. The summed E-state index contributed by atoms with van der Waals surface area (Å²) in [5.41, 5.74) is 0.717. The molecule has 0 radical (unpaired) electrons. The fraction of sp³-hybridized carbons (Fsp3) is 0.500. The Morgan fingerprint density at radius 3 is 3.15 bits per heavy atom. The minimum Gasteiger partial charge on any atom is -0.396 e. The maximum atomic E-state index is 9.24. The van der Waals surface area contributed by atoms with Gasteiger partial charge in [-0.15, -0.1) is 0 Å². The lowest BCUT2D eigenvalue weighted by Crippen LogP contribution is -2.36. The molecule has 3 rings (SSSR count). The highest BCUT2D eigenvalue weighted by Gasteiger charge is 2.21. The minimum absolute atomic E-state index is 0.250. The largest absolute Gasteiger partial charge is 0.396 e. The third-order valence-corrected chi connectivity index (χ3v) is 3.58. The van der Waals surface area contributed by atoms with Gasteiger partial charge >= 0.3 is 0 Å². The summed E-state index contributed by atoms with van der Waals surface area (Å²) in [6.45, 7) is 2.78. The van der Waals surface area contributed by atoms with Crippen LogP contribution in [0.25, 0.3) is 11.5 Å². The van der Waals surface area contributed by atoms with Crippen LogP contribution >= 0.6 is 0 Å². The van der Waals surface area contributed by atoms with Crippen LogP contribution in [0, 0.1) is 5.92 Å². The minimum atomic E-state index is 0.250. The molecule has 3 heterocycles. The Kier molecular flexibility index (Phi) is 4.03. The first-order chi connectivity index (χ1) is 9.85. The van der Waals surface area contributed by atoms with E-state index in [1.807, 2.05) is 18.2 Å². The second kappa shape index (κ2) is 6.11. The third kappa shape index (κ3) is 3.02. The summed E-state index contributed by atoms with van der Waals surface area (Å²) >= 11 is 0. The van der Waals surface area contributed by atoms with Gasteiger partial charge < -0.3 is 9.63 Å². The van der Waals surface area contributed by atoms with Gasteiger partial charge in [-0.05, 0) is 37.4 Å². The maximum absolute atomic E-state index is 9.24. The Morgan fingerprint density at radius 2 is 2.35 bits per heavy atom. The summed E-state index contributed by atoms with van der Waals surface area (Å²) in [4.78, 5) is 10.8. The van der Waals surface area contributed by atoms with Gasteiger partial charge in [-0.3, -0.25) is 9.88 Å². The standard InChI is InChI=1S/C14H18N4O2/c19-10-11-4-3-7-18(8-11)9-13-16-14(17-20-13)12-5-1-2-6-15-12/h1-2,5-6,11,19H,3-4,7-10H2. The van der Waals surface area contributed by atoms with Crippen molar-refractivity contribution in [1.82, 2.24) is 20.0 Å². The van der Waals surface area contributed by atoms with Crippen molar-refractivity contribution in [2.75, 3.05) is 19.7 Å². The summed E-state index contributed by atoms with van der Waals surface area (Å²) in [6.07, 6.45) is 3.91. The Balaban J connectivity index is 1.65. The van der Waals surface area contributed by atoms with E-state index in [4.69, 9.17) is 4.52 Å². The van der Waals surface area contributed by atoms with Crippen molar-refractivity contribution < 1.29 is 9.63 Å². The van der Waals surface area contributed by atoms with Gasteiger partial charge in [0.1, 0.15) is 5.69 Å². The van der Waals surface area contributed by atoms with Gasteiger partial charge in [0.15, 0.2) is 0 Å². The first-order valence-electron chi connectivity index (χ1n) is 6.92. The number of hydrogen-bond acceptors (Lipinski definition) is 6. The molecule has 106 valence electrons. The molecule has 1 saturated heterocycles. The molecule has 1 unspecified atom stereocenters. The highest BCUT2D eigenvalue weighted by atomic mass is 16.5. The second-order valence-corrected chi connectivity index (χ2v) is 5.15. The SMILES string of the molecule is OCC1CCCN(Cc2nc(-c3ccccn3)no2)C1. The van der Waals surface area contributed by atoms with Gasteiger partial charge in [-0.1, -0.05) is 11.2 Å². The zero-order valence-corrected chi connectivity index (χ0v) is 11.3. The van der Waals surface area contributed by atoms with Crippen molar-refractivity contribution >= 4 is 0 Å². The van der Waals surface area contributed by atoms with E-state index >= 15 is 0 Å². The van der Waals surface area contributed by atoms with Crippen LogP contribution in [0.2, 0.25) is 0 Å². The Bertz CT molecular complexity index is 543. The van der Waals surface area contributed by atoms with Crippen molar-refractivity contribution in [3.63, 3.8) is 0 Å². The summed E-state index contributed by atoms with van der Waals surface area (Å²) < 4.78 is 5.29. The highest BCUT2D eigenvalue weighted by molar-refractivity contribution is 5.46. The van der Waals surface area contributed by atoms with Crippen molar-refractivity contribution in [3.05, 3.63) is 30.3 Å². The topological polar surface area (TPSA) is 75.3 Å². The molecule has 2 aromatic heterocycles. The monoisotopic (exact) mass is 274 g/mol. The number of aliphatic hydroxyl groups excluding tert-OH is 1. The lowest BCUT2D eigenvalue weighted by atomic mass is 9.99. The number of aromatic nitrogens is 3. The lowest BCUT2D eigenvalue weighted by Gasteiger charge is -2.30. The number of aliphatic hydroxyl groups is 1. The summed E-state index contributed by atoms with van der Waals surface area (Å²) in [5.74, 6) is 1.49. The van der Waals surface area contributed by atoms with Gasteiger partial charge in [-0.2, -0.15) is 4.98 Å². The Labute approximate surface area is 117 Å². The van der Waals surface area contributed by atoms with Crippen molar-refractivity contribution in [2.45, 2.75) is 19.4 Å². The van der Waals surface area contributed by atoms with Gasteiger partial charge in [0.25, 0.3) is 0 Å². The van der Waals surface area contributed by atoms with Gasteiger partial charge in [0, 0.05) is 19.3 Å². The fourth-order valence-corrected chi connectivity index (χ4v) is 2.55. The van der Waals surface area contributed by atoms with Crippen LogP contribution in [0.5, 0.6) is 0 Å². The molecule has 0 aromatic carbocycles. The summed E-state index contributed by atoms with van der Waals surface area (Å²) in [6, 6.07) is 5.61. The van der Waals surface area contributed by atoms with E-state index in [2.05, 4.69) is 20.0 Å². The number of pyridine rings is 1. The van der Waals surface area contributed by atoms with Gasteiger partial charge in [-0.25, -0.2) is 0 Å². The number of likely N-dealkylation sites (tertiary alicyclic amines) is 1. The highest BCUT2D eigenvalue weighted by Crippen LogP contribution is 2.18. The maximum Gasteiger partial charge on any atom is 0.241 e. The van der Waals surface area contributed by atoms with E-state index in [0.717, 1.165) is 31.6 Å². The van der Waals surface area contributed by atoms with Crippen molar-refractivity contribution in [2.24, 2.45) is 5.92 Å². The molecule has 0 amide bonds. The van der Waals surface area contributed by atoms with E-state index in [-0.39, 0.29) is 6.61 Å². The Hall–Kier alpha value is -1.79. The average Bonchev–Trinajstić information content (AvgIpc) is 2.97. The van der Waals surface area contributed by atoms with Crippen molar-refractivity contribution in [1.29, 1.82) is 0 Å². The molecule has 1 aliphatic rings. The molecule has 0 bridgehead atoms. The molecule has 1 aliphatic heterocycles. The molecular weight excluding hydrogens is 256 g/mol. The molecule has 1 fully saturated rings. The molecule has 6 nitrogen and oxygen atoms in total. The molecule has 2 aromatic rings. The predicted octanol–water partition coefficient (Wildman–Crippen LogP) is 1.34. The van der Waals surface area contributed by atoms with Crippen LogP contribution < -0.4 is 0 Å². The summed E-state index contributed by atoms with van der Waals surface area (Å²) in [7, 11) is 0. The number of rotatable bonds is 4. The van der Waals surface area contributed by atoms with E-state index < -0.39 is 0 Å². The van der Waals surface area contributed by atoms with Crippen LogP contribution in [-0.2, 0) is 6.54 Å². The first-order valence-corrected chi connectivity index (χ1v) is 6.92. The van der Waals surface area contributed by atoms with Crippen LogP contribution in [0.1, 0.15) is 18.7 Å². The average molecular weight is 274 g/mol. The number of piperidine rings is 1. The zero-order valence-electron chi connectivity index (χ0n) is 11.3. The zero-order chi connectivity index (χ0) is 13.8. The molecule has 6 heteroatoms. The van der Waals surface area contributed by atoms with Gasteiger partial charge in [0.2, 0.25) is 11.7 Å². The molecule has 1 atom stereocenters. The van der Waals surface area contributed by atoms with E-state index in [9.17, 15) is 5.11 Å². The van der Waals surface area contributed by atoms with E-state index in [1.165, 1.54) is 0 Å². The quantitative estimate of drug-likeness (QED) is 0.906. The number of hydrogen-bond donors (Lipinski definition) is 1. The van der Waals surface area contributed by atoms with Gasteiger partial charge in [0.05, 0.1) is 6.54 Å².